The first-order valence-electron chi connectivity index (χ1n) is 4.15. The molecule has 14 heavy (non-hydrogen) atoms. The molecule has 0 bridgehead atoms. The molecule has 1 N–H and O–H groups in total. The molecule has 0 aliphatic rings. The summed E-state index contributed by atoms with van der Waals surface area (Å²) in [5, 5.41) is 12.4. The lowest BCUT2D eigenvalue weighted by molar-refractivity contribution is -0.149. The van der Waals surface area contributed by atoms with E-state index >= 15 is 0 Å². The molecule has 0 aromatic carbocycles. The number of carboxylic acid groups (broad SMARTS) is 1. The molecule has 0 amide bonds. The van der Waals surface area contributed by atoms with Crippen molar-refractivity contribution in [2.45, 2.75) is 25.9 Å². The Labute approximate surface area is 81.5 Å². The summed E-state index contributed by atoms with van der Waals surface area (Å²) in [5.41, 5.74) is -0.950. The van der Waals surface area contributed by atoms with Crippen LogP contribution >= 0.6 is 0 Å². The number of hydrogen-bond acceptors (Lipinski definition) is 5. The predicted octanol–water partition coefficient (Wildman–Crippen LogP) is 0.365. The van der Waals surface area contributed by atoms with Crippen LogP contribution in [0.1, 0.15) is 19.7 Å². The maximum absolute atomic E-state index is 10.9. The van der Waals surface area contributed by atoms with Crippen LogP contribution in [-0.2, 0) is 11.3 Å². The highest BCUT2D eigenvalue weighted by Crippen LogP contribution is 2.14. The summed E-state index contributed by atoms with van der Waals surface area (Å²) in [6.45, 7) is 3.55. The lowest BCUT2D eigenvalue weighted by Gasteiger charge is -2.29. The number of carboxylic acids is 1. The van der Waals surface area contributed by atoms with E-state index in [1.807, 2.05) is 0 Å². The van der Waals surface area contributed by atoms with E-state index in [9.17, 15) is 4.79 Å². The number of carbonyl (C=O) groups is 1. The molecule has 0 spiro atoms. The van der Waals surface area contributed by atoms with Gasteiger partial charge in [-0.2, -0.15) is 4.98 Å². The molecule has 1 heterocycles. The van der Waals surface area contributed by atoms with Gasteiger partial charge in [0.05, 0.1) is 6.54 Å². The predicted molar refractivity (Wildman–Crippen MR) is 47.5 cm³/mol. The topological polar surface area (TPSA) is 79.5 Å². The molecule has 0 saturated heterocycles. The minimum Gasteiger partial charge on any atom is -0.480 e. The quantitative estimate of drug-likeness (QED) is 0.754. The number of hydrogen-bond donors (Lipinski definition) is 1. The van der Waals surface area contributed by atoms with Crippen LogP contribution in [-0.4, -0.2) is 38.7 Å². The van der Waals surface area contributed by atoms with Crippen LogP contribution < -0.4 is 0 Å². The molecule has 78 valence electrons. The summed E-state index contributed by atoms with van der Waals surface area (Å²) >= 11 is 0. The van der Waals surface area contributed by atoms with E-state index in [0.717, 1.165) is 0 Å². The second kappa shape index (κ2) is 3.75. The van der Waals surface area contributed by atoms with E-state index in [0.29, 0.717) is 12.4 Å². The van der Waals surface area contributed by atoms with Crippen LogP contribution in [0.3, 0.4) is 0 Å². The van der Waals surface area contributed by atoms with Crippen LogP contribution in [0.5, 0.6) is 0 Å². The van der Waals surface area contributed by atoms with Crippen molar-refractivity contribution in [3.05, 3.63) is 12.2 Å². The fraction of sp³-hybridized carbons (Fsp3) is 0.625. The van der Waals surface area contributed by atoms with Gasteiger partial charge >= 0.3 is 5.97 Å². The average molecular weight is 199 g/mol. The van der Waals surface area contributed by atoms with E-state index in [-0.39, 0.29) is 0 Å². The summed E-state index contributed by atoms with van der Waals surface area (Å²) < 4.78 is 4.78. The molecule has 0 fully saturated rings. The van der Waals surface area contributed by atoms with Gasteiger partial charge in [0.1, 0.15) is 5.54 Å². The number of aromatic nitrogens is 2. The zero-order valence-corrected chi connectivity index (χ0v) is 8.39. The Balaban J connectivity index is 2.67. The Hall–Kier alpha value is -1.43. The molecule has 0 radical (unpaired) electrons. The largest absolute Gasteiger partial charge is 0.480 e. The number of nitrogens with zero attached hydrogens (tertiary/aromatic N) is 3. The summed E-state index contributed by atoms with van der Waals surface area (Å²) in [6.07, 6.45) is 1.29. The standard InChI is InChI=1S/C8H13N3O3/c1-8(2,7(12)13)11(3)4-6-9-5-10-14-6/h5H,4H2,1-3H3,(H,12,13). The number of aliphatic carboxylic acids is 1. The molecule has 0 unspecified atom stereocenters. The fourth-order valence-corrected chi connectivity index (χ4v) is 0.829. The van der Waals surface area contributed by atoms with Crippen molar-refractivity contribution in [3.63, 3.8) is 0 Å². The van der Waals surface area contributed by atoms with Crippen molar-refractivity contribution in [3.8, 4) is 0 Å². The molecule has 6 heteroatoms. The molecular weight excluding hydrogens is 186 g/mol. The molecule has 6 nitrogen and oxygen atoms in total. The lowest BCUT2D eigenvalue weighted by atomic mass is 10.0. The van der Waals surface area contributed by atoms with Gasteiger partial charge in [-0.15, -0.1) is 0 Å². The Bertz CT molecular complexity index is 308. The summed E-state index contributed by atoms with van der Waals surface area (Å²) in [4.78, 5) is 16.3. The van der Waals surface area contributed by atoms with Crippen molar-refractivity contribution in [1.29, 1.82) is 0 Å². The highest BCUT2D eigenvalue weighted by Gasteiger charge is 2.32. The van der Waals surface area contributed by atoms with Crippen molar-refractivity contribution in [1.82, 2.24) is 15.0 Å². The number of rotatable bonds is 4. The van der Waals surface area contributed by atoms with E-state index in [1.54, 1.807) is 25.8 Å². The molecule has 1 rings (SSSR count). The lowest BCUT2D eigenvalue weighted by Crippen LogP contribution is -2.47. The van der Waals surface area contributed by atoms with Crippen LogP contribution in [0.25, 0.3) is 0 Å². The summed E-state index contributed by atoms with van der Waals surface area (Å²) in [6, 6.07) is 0. The van der Waals surface area contributed by atoms with Crippen LogP contribution in [0.2, 0.25) is 0 Å². The van der Waals surface area contributed by atoms with E-state index < -0.39 is 11.5 Å². The van der Waals surface area contributed by atoms with Crippen molar-refractivity contribution < 1.29 is 14.4 Å². The molecule has 0 aliphatic carbocycles. The molecular formula is C8H13N3O3. The number of likely N-dealkylation sites (N-methyl/N-ethyl adjacent to an activating group) is 1. The normalized spacial score (nSPS) is 12.0. The third-order valence-electron chi connectivity index (χ3n) is 2.26. The zero-order chi connectivity index (χ0) is 10.8. The van der Waals surface area contributed by atoms with Gasteiger partial charge in [0.2, 0.25) is 5.89 Å². The monoisotopic (exact) mass is 199 g/mol. The van der Waals surface area contributed by atoms with Gasteiger partial charge in [-0.3, -0.25) is 9.69 Å². The smallest absolute Gasteiger partial charge is 0.323 e. The first-order chi connectivity index (χ1) is 6.44. The highest BCUT2D eigenvalue weighted by molar-refractivity contribution is 5.77. The third kappa shape index (κ3) is 2.08. The first-order valence-corrected chi connectivity index (χ1v) is 4.15. The molecule has 0 aliphatic heterocycles. The minimum atomic E-state index is -0.950. The molecule has 1 aromatic rings. The van der Waals surface area contributed by atoms with Crippen LogP contribution in [0, 0.1) is 0 Å². The fourth-order valence-electron chi connectivity index (χ4n) is 0.829. The van der Waals surface area contributed by atoms with Gasteiger partial charge in [-0.05, 0) is 20.9 Å². The zero-order valence-electron chi connectivity index (χ0n) is 8.39. The van der Waals surface area contributed by atoms with Crippen molar-refractivity contribution >= 4 is 5.97 Å². The first kappa shape index (κ1) is 10.6. The van der Waals surface area contributed by atoms with Gasteiger partial charge in [-0.25, -0.2) is 0 Å². The molecule has 0 saturated carbocycles. The van der Waals surface area contributed by atoms with Gasteiger partial charge in [0.25, 0.3) is 0 Å². The highest BCUT2D eigenvalue weighted by atomic mass is 16.5. The second-order valence-corrected chi connectivity index (χ2v) is 3.56. The van der Waals surface area contributed by atoms with Gasteiger partial charge < -0.3 is 9.63 Å². The second-order valence-electron chi connectivity index (χ2n) is 3.56. The van der Waals surface area contributed by atoms with Crippen molar-refractivity contribution in [2.75, 3.05) is 7.05 Å². The molecule has 0 atom stereocenters. The maximum Gasteiger partial charge on any atom is 0.323 e. The van der Waals surface area contributed by atoms with Gasteiger partial charge in [0, 0.05) is 0 Å². The Morgan fingerprint density at radius 1 is 1.71 bits per heavy atom. The summed E-state index contributed by atoms with van der Waals surface area (Å²) in [7, 11) is 1.69. The average Bonchev–Trinajstić information content (AvgIpc) is 2.56. The third-order valence-corrected chi connectivity index (χ3v) is 2.26. The van der Waals surface area contributed by atoms with Crippen LogP contribution in [0.15, 0.2) is 10.9 Å². The minimum absolute atomic E-state index is 0.319. The Morgan fingerprint density at radius 2 is 2.36 bits per heavy atom. The van der Waals surface area contributed by atoms with E-state index in [2.05, 4.69) is 10.1 Å². The molecule has 1 aromatic heterocycles. The Morgan fingerprint density at radius 3 is 2.79 bits per heavy atom. The summed E-state index contributed by atoms with van der Waals surface area (Å²) in [5.74, 6) is -0.485. The van der Waals surface area contributed by atoms with E-state index in [4.69, 9.17) is 9.63 Å². The SMILES string of the molecule is CN(Cc1ncno1)C(C)(C)C(=O)O. The Kier molecular flexibility index (Phi) is 2.85. The maximum atomic E-state index is 10.9. The van der Waals surface area contributed by atoms with Gasteiger partial charge in [0.15, 0.2) is 6.33 Å². The van der Waals surface area contributed by atoms with E-state index in [1.165, 1.54) is 6.33 Å². The van der Waals surface area contributed by atoms with Crippen LogP contribution in [0.4, 0.5) is 0 Å². The van der Waals surface area contributed by atoms with Gasteiger partial charge in [-0.1, -0.05) is 5.16 Å². The van der Waals surface area contributed by atoms with Crippen molar-refractivity contribution in [2.24, 2.45) is 0 Å².